The van der Waals surface area contributed by atoms with Crippen LogP contribution >= 0.6 is 0 Å². The Bertz CT molecular complexity index is 1810. The van der Waals surface area contributed by atoms with Crippen molar-refractivity contribution in [3.05, 3.63) is 152 Å². The average Bonchev–Trinajstić information content (AvgIpc) is 3.04. The van der Waals surface area contributed by atoms with Crippen molar-refractivity contribution < 1.29 is 0 Å². The second kappa shape index (κ2) is 9.18. The Kier molecular flexibility index (Phi) is 5.21. The van der Waals surface area contributed by atoms with E-state index in [1.165, 1.54) is 71.3 Å². The van der Waals surface area contributed by atoms with Crippen LogP contribution in [-0.4, -0.2) is 4.98 Å². The molecule has 0 spiro atoms. The van der Waals surface area contributed by atoms with Crippen LogP contribution in [0.2, 0.25) is 0 Å². The SMILES string of the molecule is c1ccc(-c2cc(-c3ccccc3)c3ccc4c(-c5cccnc5)cc(-c5ccccc5)c5ccc2c3c54)cc1. The topological polar surface area (TPSA) is 12.9 Å². The fourth-order valence-electron chi connectivity index (χ4n) is 6.32. The molecule has 0 aliphatic rings. The predicted octanol–water partition coefficient (Wildman–Crippen LogP) is 10.6. The minimum Gasteiger partial charge on any atom is -0.264 e. The van der Waals surface area contributed by atoms with E-state index < -0.39 is 0 Å². The van der Waals surface area contributed by atoms with Crippen molar-refractivity contribution in [3.63, 3.8) is 0 Å². The number of nitrogens with zero attached hydrogens (tertiary/aromatic N) is 1. The monoisotopic (exact) mass is 507 g/mol. The normalized spacial score (nSPS) is 11.5. The second-order valence-corrected chi connectivity index (χ2v) is 10.4. The van der Waals surface area contributed by atoms with Gasteiger partial charge < -0.3 is 0 Å². The third kappa shape index (κ3) is 3.52. The number of pyridine rings is 1. The summed E-state index contributed by atoms with van der Waals surface area (Å²) in [5, 5.41) is 7.71. The predicted molar refractivity (Wildman–Crippen MR) is 170 cm³/mol. The molecule has 1 heterocycles. The van der Waals surface area contributed by atoms with Gasteiger partial charge in [-0.3, -0.25) is 4.98 Å². The Labute approximate surface area is 233 Å². The minimum absolute atomic E-state index is 1.13. The van der Waals surface area contributed by atoms with E-state index in [1.54, 1.807) is 0 Å². The Hall–Kier alpha value is -5.27. The molecule has 186 valence electrons. The summed E-state index contributed by atoms with van der Waals surface area (Å²) in [6.07, 6.45) is 3.82. The highest BCUT2D eigenvalue weighted by Gasteiger charge is 2.20. The van der Waals surface area contributed by atoms with Crippen LogP contribution in [0.4, 0.5) is 0 Å². The van der Waals surface area contributed by atoms with Gasteiger partial charge in [-0.1, -0.05) is 121 Å². The van der Waals surface area contributed by atoms with Crippen molar-refractivity contribution in [3.8, 4) is 44.5 Å². The van der Waals surface area contributed by atoms with E-state index in [0.717, 1.165) is 5.56 Å². The highest BCUT2D eigenvalue weighted by molar-refractivity contribution is 6.31. The van der Waals surface area contributed by atoms with E-state index in [9.17, 15) is 0 Å². The fourth-order valence-corrected chi connectivity index (χ4v) is 6.32. The first-order chi connectivity index (χ1) is 19.9. The van der Waals surface area contributed by atoms with Gasteiger partial charge in [0.2, 0.25) is 0 Å². The van der Waals surface area contributed by atoms with Gasteiger partial charge in [0.25, 0.3) is 0 Å². The van der Waals surface area contributed by atoms with Crippen LogP contribution in [0.15, 0.2) is 152 Å². The van der Waals surface area contributed by atoms with Crippen molar-refractivity contribution in [2.75, 3.05) is 0 Å². The van der Waals surface area contributed by atoms with E-state index in [0.29, 0.717) is 0 Å². The molecule has 0 aliphatic carbocycles. The van der Waals surface area contributed by atoms with Gasteiger partial charge >= 0.3 is 0 Å². The molecule has 0 radical (unpaired) electrons. The molecule has 0 N–H and O–H groups in total. The summed E-state index contributed by atoms with van der Waals surface area (Å²) in [5.41, 5.74) is 9.78. The van der Waals surface area contributed by atoms with E-state index >= 15 is 0 Å². The van der Waals surface area contributed by atoms with Gasteiger partial charge in [0.15, 0.2) is 0 Å². The molecule has 0 unspecified atom stereocenters. The van der Waals surface area contributed by atoms with Crippen molar-refractivity contribution in [1.29, 1.82) is 0 Å². The van der Waals surface area contributed by atoms with Crippen LogP contribution in [0.5, 0.6) is 0 Å². The van der Waals surface area contributed by atoms with Gasteiger partial charge in [-0.15, -0.1) is 0 Å². The third-order valence-electron chi connectivity index (χ3n) is 8.13. The molecule has 0 fully saturated rings. The van der Waals surface area contributed by atoms with Crippen molar-refractivity contribution in [2.24, 2.45) is 0 Å². The molecule has 0 atom stereocenters. The average molecular weight is 508 g/mol. The van der Waals surface area contributed by atoms with Gasteiger partial charge in [-0.25, -0.2) is 0 Å². The largest absolute Gasteiger partial charge is 0.264 e. The maximum atomic E-state index is 4.48. The first-order valence-electron chi connectivity index (χ1n) is 13.7. The van der Waals surface area contributed by atoms with Gasteiger partial charge in [0, 0.05) is 18.0 Å². The maximum absolute atomic E-state index is 4.48. The molecular formula is C39H25N. The molecule has 0 saturated heterocycles. The standard InChI is InChI=1S/C39H25N/c1-4-11-26(12-5-1)34-23-35(27-13-6-2-7-14-27)31-20-21-33-37(29-17-10-22-40-25-29)24-36(28-15-8-3-9-16-28)32-19-18-30(34)38(31)39(32)33/h1-25H. The van der Waals surface area contributed by atoms with Crippen LogP contribution in [0.25, 0.3) is 76.8 Å². The zero-order chi connectivity index (χ0) is 26.5. The lowest BCUT2D eigenvalue weighted by Crippen LogP contribution is -1.94. The molecule has 0 aliphatic heterocycles. The molecule has 0 amide bonds. The summed E-state index contributed by atoms with van der Waals surface area (Å²) in [6.45, 7) is 0. The summed E-state index contributed by atoms with van der Waals surface area (Å²) in [7, 11) is 0. The van der Waals surface area contributed by atoms with Gasteiger partial charge in [-0.2, -0.15) is 0 Å². The molecule has 1 heteroatoms. The lowest BCUT2D eigenvalue weighted by molar-refractivity contribution is 1.33. The zero-order valence-corrected chi connectivity index (χ0v) is 21.9. The van der Waals surface area contributed by atoms with E-state index in [2.05, 4.69) is 138 Å². The van der Waals surface area contributed by atoms with Gasteiger partial charge in [-0.05, 0) is 89.5 Å². The molecule has 0 bridgehead atoms. The number of benzene rings is 7. The summed E-state index contributed by atoms with van der Waals surface area (Å²) >= 11 is 0. The Balaban J connectivity index is 1.60. The lowest BCUT2D eigenvalue weighted by Gasteiger charge is -2.21. The molecule has 40 heavy (non-hydrogen) atoms. The van der Waals surface area contributed by atoms with Crippen molar-refractivity contribution >= 4 is 32.3 Å². The highest BCUT2D eigenvalue weighted by atomic mass is 14.6. The number of aromatic nitrogens is 1. The van der Waals surface area contributed by atoms with Crippen LogP contribution in [0.3, 0.4) is 0 Å². The number of hydrogen-bond acceptors (Lipinski definition) is 1. The van der Waals surface area contributed by atoms with Crippen LogP contribution in [0.1, 0.15) is 0 Å². The van der Waals surface area contributed by atoms with Crippen LogP contribution in [0, 0.1) is 0 Å². The van der Waals surface area contributed by atoms with Crippen molar-refractivity contribution in [2.45, 2.75) is 0 Å². The van der Waals surface area contributed by atoms with Gasteiger partial charge in [0.1, 0.15) is 0 Å². The third-order valence-corrected chi connectivity index (χ3v) is 8.13. The highest BCUT2D eigenvalue weighted by Crippen LogP contribution is 2.48. The minimum atomic E-state index is 1.13. The molecule has 8 rings (SSSR count). The fraction of sp³-hybridized carbons (Fsp3) is 0. The molecule has 1 nitrogen and oxygen atoms in total. The van der Waals surface area contributed by atoms with Crippen LogP contribution in [-0.2, 0) is 0 Å². The maximum Gasteiger partial charge on any atom is 0.0346 e. The quantitative estimate of drug-likeness (QED) is 0.216. The van der Waals surface area contributed by atoms with Crippen LogP contribution < -0.4 is 0 Å². The lowest BCUT2D eigenvalue weighted by atomic mass is 9.82. The number of hydrogen-bond donors (Lipinski definition) is 0. The first kappa shape index (κ1) is 22.7. The Morgan fingerprint density at radius 1 is 0.325 bits per heavy atom. The smallest absolute Gasteiger partial charge is 0.0346 e. The van der Waals surface area contributed by atoms with E-state index in [4.69, 9.17) is 0 Å². The van der Waals surface area contributed by atoms with Crippen molar-refractivity contribution in [1.82, 2.24) is 4.98 Å². The summed E-state index contributed by atoms with van der Waals surface area (Å²) < 4.78 is 0. The molecule has 1 aromatic heterocycles. The summed E-state index contributed by atoms with van der Waals surface area (Å²) in [4.78, 5) is 4.48. The Morgan fingerprint density at radius 3 is 1.02 bits per heavy atom. The summed E-state index contributed by atoms with van der Waals surface area (Å²) in [6, 6.07) is 50.5. The number of rotatable bonds is 4. The van der Waals surface area contributed by atoms with E-state index in [1.807, 2.05) is 18.5 Å². The Morgan fingerprint density at radius 2 is 0.675 bits per heavy atom. The van der Waals surface area contributed by atoms with Gasteiger partial charge in [0.05, 0.1) is 0 Å². The summed E-state index contributed by atoms with van der Waals surface area (Å²) in [5.74, 6) is 0. The molecular weight excluding hydrogens is 482 g/mol. The second-order valence-electron chi connectivity index (χ2n) is 10.4. The molecule has 0 saturated carbocycles. The molecule has 8 aromatic rings. The van der Waals surface area contributed by atoms with E-state index in [-0.39, 0.29) is 0 Å². The zero-order valence-electron chi connectivity index (χ0n) is 21.9. The first-order valence-corrected chi connectivity index (χ1v) is 13.7. The molecule has 7 aromatic carbocycles.